The molecule has 2 aromatic rings. The van der Waals surface area contributed by atoms with E-state index < -0.39 is 0 Å². The second-order valence-corrected chi connectivity index (χ2v) is 7.51. The third-order valence-corrected chi connectivity index (χ3v) is 5.58. The van der Waals surface area contributed by atoms with E-state index in [1.54, 1.807) is 26.4 Å². The molecule has 0 aromatic carbocycles. The molecular formula is C20H25N5O2. The monoisotopic (exact) mass is 367 g/mol. The summed E-state index contributed by atoms with van der Waals surface area (Å²) in [4.78, 5) is 27.8. The number of amides is 1. The van der Waals surface area contributed by atoms with Crippen LogP contribution in [0.15, 0.2) is 24.5 Å². The van der Waals surface area contributed by atoms with Gasteiger partial charge in [-0.05, 0) is 31.7 Å². The molecule has 27 heavy (non-hydrogen) atoms. The standard InChI is InChI=1S/C20H25N5O2/c1-11-7-8-21-20(23-11)24-18-12(2)19(14-5-6-14)25(13(3)26)16-9-17(27-4)22-10-15(16)18/h7-10,12,14,18-19H,5-6H2,1-4H3,(H,21,23,24)/t12-,18-,19-/m1/s1. The fourth-order valence-electron chi connectivity index (χ4n) is 4.20. The van der Waals surface area contributed by atoms with Gasteiger partial charge in [0.25, 0.3) is 0 Å². The molecule has 1 aliphatic carbocycles. The minimum Gasteiger partial charge on any atom is -0.481 e. The minimum atomic E-state index is -0.0265. The third kappa shape index (κ3) is 3.22. The number of ether oxygens (including phenoxy) is 1. The molecule has 0 spiro atoms. The van der Waals surface area contributed by atoms with Crippen LogP contribution in [0.5, 0.6) is 5.88 Å². The Morgan fingerprint density at radius 3 is 2.74 bits per heavy atom. The Hall–Kier alpha value is -2.70. The quantitative estimate of drug-likeness (QED) is 0.894. The van der Waals surface area contributed by atoms with Crippen LogP contribution in [-0.4, -0.2) is 34.0 Å². The van der Waals surface area contributed by atoms with E-state index in [0.29, 0.717) is 17.7 Å². The van der Waals surface area contributed by atoms with Crippen molar-refractivity contribution in [2.45, 2.75) is 45.7 Å². The van der Waals surface area contributed by atoms with Gasteiger partial charge in [-0.15, -0.1) is 0 Å². The Kier molecular flexibility index (Phi) is 4.45. The van der Waals surface area contributed by atoms with Crippen LogP contribution in [0.1, 0.15) is 44.0 Å². The van der Waals surface area contributed by atoms with Gasteiger partial charge in [-0.25, -0.2) is 15.0 Å². The van der Waals surface area contributed by atoms with E-state index in [-0.39, 0.29) is 23.9 Å². The molecule has 1 saturated carbocycles. The maximum absolute atomic E-state index is 12.6. The van der Waals surface area contributed by atoms with Crippen LogP contribution in [0.2, 0.25) is 0 Å². The van der Waals surface area contributed by atoms with E-state index in [1.807, 2.05) is 24.0 Å². The summed E-state index contributed by atoms with van der Waals surface area (Å²) in [5.41, 5.74) is 2.75. The Morgan fingerprint density at radius 2 is 2.11 bits per heavy atom. The lowest BCUT2D eigenvalue weighted by atomic mass is 9.80. The molecule has 142 valence electrons. The Labute approximate surface area is 159 Å². The van der Waals surface area contributed by atoms with Crippen molar-refractivity contribution in [1.82, 2.24) is 15.0 Å². The summed E-state index contributed by atoms with van der Waals surface area (Å²) < 4.78 is 5.32. The number of methoxy groups -OCH3 is 1. The van der Waals surface area contributed by atoms with E-state index >= 15 is 0 Å². The number of pyridine rings is 1. The highest BCUT2D eigenvalue weighted by atomic mass is 16.5. The first-order valence-electron chi connectivity index (χ1n) is 9.39. The number of nitrogens with zero attached hydrogens (tertiary/aromatic N) is 4. The van der Waals surface area contributed by atoms with Crippen LogP contribution >= 0.6 is 0 Å². The van der Waals surface area contributed by atoms with Gasteiger partial charge in [0.1, 0.15) is 0 Å². The highest BCUT2D eigenvalue weighted by Crippen LogP contribution is 2.50. The summed E-state index contributed by atoms with van der Waals surface area (Å²) in [6.45, 7) is 5.78. The number of fused-ring (bicyclic) bond motifs is 1. The average molecular weight is 367 g/mol. The first-order chi connectivity index (χ1) is 13.0. The lowest BCUT2D eigenvalue weighted by Gasteiger charge is -2.45. The van der Waals surface area contributed by atoms with Crippen LogP contribution in [0.3, 0.4) is 0 Å². The van der Waals surface area contributed by atoms with Crippen molar-refractivity contribution in [2.24, 2.45) is 11.8 Å². The van der Waals surface area contributed by atoms with Gasteiger partial charge in [-0.2, -0.15) is 0 Å². The topological polar surface area (TPSA) is 80.2 Å². The number of anilines is 2. The SMILES string of the molecule is COc1cc2c(cn1)[C@H](Nc1nccc(C)n1)[C@@H](C)[C@H](C1CC1)N2C(C)=O. The Balaban J connectivity index is 1.80. The molecule has 0 radical (unpaired) electrons. The number of carbonyl (C=O) groups excluding carboxylic acids is 1. The zero-order valence-electron chi connectivity index (χ0n) is 16.1. The maximum atomic E-state index is 12.6. The van der Waals surface area contributed by atoms with Crippen molar-refractivity contribution >= 4 is 17.5 Å². The lowest BCUT2D eigenvalue weighted by Crippen LogP contribution is -2.51. The number of aryl methyl sites for hydroxylation is 1. The molecule has 3 atom stereocenters. The normalized spacial score (nSPS) is 24.3. The molecular weight excluding hydrogens is 342 g/mol. The number of rotatable bonds is 4. The molecule has 0 unspecified atom stereocenters. The molecule has 1 fully saturated rings. The van der Waals surface area contributed by atoms with E-state index in [2.05, 4.69) is 27.2 Å². The second kappa shape index (κ2) is 6.79. The second-order valence-electron chi connectivity index (χ2n) is 7.51. The van der Waals surface area contributed by atoms with Crippen LogP contribution in [0, 0.1) is 18.8 Å². The molecule has 4 rings (SSSR count). The molecule has 7 heteroatoms. The van der Waals surface area contributed by atoms with Crippen LogP contribution in [-0.2, 0) is 4.79 Å². The maximum Gasteiger partial charge on any atom is 0.224 e. The zero-order valence-corrected chi connectivity index (χ0v) is 16.1. The van der Waals surface area contributed by atoms with Gasteiger partial charge in [0, 0.05) is 48.6 Å². The lowest BCUT2D eigenvalue weighted by molar-refractivity contribution is -0.117. The average Bonchev–Trinajstić information content (AvgIpc) is 3.47. The van der Waals surface area contributed by atoms with Crippen LogP contribution < -0.4 is 15.0 Å². The summed E-state index contributed by atoms with van der Waals surface area (Å²) in [5, 5.41) is 3.50. The molecule has 2 aliphatic rings. The highest BCUT2D eigenvalue weighted by Gasteiger charge is 2.48. The summed E-state index contributed by atoms with van der Waals surface area (Å²) in [6, 6.07) is 3.86. The third-order valence-electron chi connectivity index (χ3n) is 5.58. The Morgan fingerprint density at radius 1 is 1.33 bits per heavy atom. The molecule has 1 amide bonds. The summed E-state index contributed by atoms with van der Waals surface area (Å²) >= 11 is 0. The van der Waals surface area contributed by atoms with Gasteiger partial charge in [0.15, 0.2) is 0 Å². The van der Waals surface area contributed by atoms with Gasteiger partial charge < -0.3 is 15.0 Å². The first kappa shape index (κ1) is 17.7. The summed E-state index contributed by atoms with van der Waals surface area (Å²) in [7, 11) is 1.59. The number of aromatic nitrogens is 3. The van der Waals surface area contributed by atoms with Crippen molar-refractivity contribution < 1.29 is 9.53 Å². The predicted octanol–water partition coefficient (Wildman–Crippen LogP) is 3.12. The molecule has 0 saturated heterocycles. The predicted molar refractivity (Wildman–Crippen MR) is 103 cm³/mol. The molecule has 7 nitrogen and oxygen atoms in total. The van der Waals surface area contributed by atoms with E-state index in [0.717, 1.165) is 29.8 Å². The molecule has 0 bridgehead atoms. The molecule has 1 N–H and O–H groups in total. The number of carbonyl (C=O) groups is 1. The fourth-order valence-corrected chi connectivity index (χ4v) is 4.20. The van der Waals surface area contributed by atoms with Gasteiger partial charge in [0.2, 0.25) is 17.7 Å². The molecule has 2 aromatic heterocycles. The highest BCUT2D eigenvalue weighted by molar-refractivity contribution is 5.94. The van der Waals surface area contributed by atoms with Crippen molar-refractivity contribution in [1.29, 1.82) is 0 Å². The molecule has 3 heterocycles. The van der Waals surface area contributed by atoms with Gasteiger partial charge in [-0.1, -0.05) is 6.92 Å². The van der Waals surface area contributed by atoms with Gasteiger partial charge >= 0.3 is 0 Å². The van der Waals surface area contributed by atoms with Crippen LogP contribution in [0.4, 0.5) is 11.6 Å². The van der Waals surface area contributed by atoms with Gasteiger partial charge in [-0.3, -0.25) is 4.79 Å². The Bertz CT molecular complexity index is 867. The largest absolute Gasteiger partial charge is 0.481 e. The number of hydrogen-bond donors (Lipinski definition) is 1. The van der Waals surface area contributed by atoms with E-state index in [1.165, 1.54) is 0 Å². The van der Waals surface area contributed by atoms with Crippen LogP contribution in [0.25, 0.3) is 0 Å². The summed E-state index contributed by atoms with van der Waals surface area (Å²) in [6.07, 6.45) is 5.87. The van der Waals surface area contributed by atoms with E-state index in [4.69, 9.17) is 4.74 Å². The van der Waals surface area contributed by atoms with Crippen molar-refractivity contribution in [3.05, 3.63) is 35.8 Å². The smallest absolute Gasteiger partial charge is 0.224 e. The first-order valence-corrected chi connectivity index (χ1v) is 9.39. The summed E-state index contributed by atoms with van der Waals surface area (Å²) in [5.74, 6) is 1.89. The van der Waals surface area contributed by atoms with E-state index in [9.17, 15) is 4.79 Å². The van der Waals surface area contributed by atoms with Gasteiger partial charge in [0.05, 0.1) is 18.8 Å². The minimum absolute atomic E-state index is 0.0265. The number of hydrogen-bond acceptors (Lipinski definition) is 6. The van der Waals surface area contributed by atoms with Crippen molar-refractivity contribution in [3.63, 3.8) is 0 Å². The fraction of sp³-hybridized carbons (Fsp3) is 0.500. The number of nitrogens with one attached hydrogen (secondary N) is 1. The van der Waals surface area contributed by atoms with Crippen molar-refractivity contribution in [3.8, 4) is 5.88 Å². The zero-order chi connectivity index (χ0) is 19.1. The van der Waals surface area contributed by atoms with Crippen molar-refractivity contribution in [2.75, 3.05) is 17.3 Å². The molecule has 1 aliphatic heterocycles.